The van der Waals surface area contributed by atoms with Gasteiger partial charge in [0.15, 0.2) is 11.5 Å². The highest BCUT2D eigenvalue weighted by molar-refractivity contribution is 6.05. The van der Waals surface area contributed by atoms with E-state index in [-0.39, 0.29) is 5.97 Å². The van der Waals surface area contributed by atoms with Crippen LogP contribution in [0.2, 0.25) is 0 Å². The fourth-order valence-electron chi connectivity index (χ4n) is 2.82. The van der Waals surface area contributed by atoms with Gasteiger partial charge in [-0.1, -0.05) is 29.8 Å². The van der Waals surface area contributed by atoms with Crippen LogP contribution in [0.15, 0.2) is 48.0 Å². The molecule has 1 aliphatic rings. The minimum atomic E-state index is -0.374. The quantitative estimate of drug-likeness (QED) is 0.617. The summed E-state index contributed by atoms with van der Waals surface area (Å²) in [5.74, 6) is 1.39. The monoisotopic (exact) mass is 336 g/mol. The number of cyclic esters (lactones) is 1. The van der Waals surface area contributed by atoms with Crippen molar-refractivity contribution in [3.63, 3.8) is 0 Å². The van der Waals surface area contributed by atoms with Gasteiger partial charge < -0.3 is 14.2 Å². The summed E-state index contributed by atoms with van der Waals surface area (Å²) in [7, 11) is 3.15. The third-order valence-electron chi connectivity index (χ3n) is 4.13. The zero-order chi connectivity index (χ0) is 18.0. The molecule has 0 atom stereocenters. The SMILES string of the molecule is COc1cccc(C=C2C=C(c3cc(C)ccc3C)OC2=O)c1OC. The van der Waals surface area contributed by atoms with Crippen LogP contribution in [0.5, 0.6) is 11.5 Å². The van der Waals surface area contributed by atoms with Crippen LogP contribution in [0.25, 0.3) is 11.8 Å². The summed E-state index contributed by atoms with van der Waals surface area (Å²) < 4.78 is 16.2. The Morgan fingerprint density at radius 3 is 2.56 bits per heavy atom. The van der Waals surface area contributed by atoms with Gasteiger partial charge in [-0.3, -0.25) is 0 Å². The zero-order valence-electron chi connectivity index (χ0n) is 14.8. The van der Waals surface area contributed by atoms with Crippen molar-refractivity contribution in [2.24, 2.45) is 0 Å². The minimum absolute atomic E-state index is 0.374. The highest BCUT2D eigenvalue weighted by atomic mass is 16.5. The van der Waals surface area contributed by atoms with Gasteiger partial charge in [-0.05, 0) is 43.7 Å². The standard InChI is InChI=1S/C21H20O4/c1-13-8-9-14(2)17(10-13)19-12-16(21(22)25-19)11-15-6-5-7-18(23-3)20(15)24-4/h5-12H,1-4H3. The smallest absolute Gasteiger partial charge is 0.343 e. The van der Waals surface area contributed by atoms with Crippen LogP contribution in [-0.4, -0.2) is 20.2 Å². The Balaban J connectivity index is 2.04. The van der Waals surface area contributed by atoms with E-state index in [1.165, 1.54) is 0 Å². The van der Waals surface area contributed by atoms with E-state index < -0.39 is 0 Å². The van der Waals surface area contributed by atoms with Crippen LogP contribution in [0.1, 0.15) is 22.3 Å². The van der Waals surface area contributed by atoms with Crippen LogP contribution in [0.3, 0.4) is 0 Å². The van der Waals surface area contributed by atoms with Gasteiger partial charge >= 0.3 is 5.97 Å². The number of hydrogen-bond acceptors (Lipinski definition) is 4. The molecule has 25 heavy (non-hydrogen) atoms. The number of carbonyl (C=O) groups is 1. The molecular formula is C21H20O4. The summed E-state index contributed by atoms with van der Waals surface area (Å²) in [5, 5.41) is 0. The predicted octanol–water partition coefficient (Wildman–Crippen LogP) is 4.30. The van der Waals surface area contributed by atoms with E-state index >= 15 is 0 Å². The Labute approximate surface area is 147 Å². The molecule has 2 aromatic carbocycles. The summed E-state index contributed by atoms with van der Waals surface area (Å²) in [6, 6.07) is 11.6. The third-order valence-corrected chi connectivity index (χ3v) is 4.13. The number of esters is 1. The first-order valence-corrected chi connectivity index (χ1v) is 7.97. The van der Waals surface area contributed by atoms with Crippen molar-refractivity contribution in [1.29, 1.82) is 0 Å². The summed E-state index contributed by atoms with van der Waals surface area (Å²) in [6.45, 7) is 4.01. The number of hydrogen-bond donors (Lipinski definition) is 0. The normalized spacial score (nSPS) is 15.1. The molecule has 2 aromatic rings. The largest absolute Gasteiger partial charge is 0.493 e. The van der Waals surface area contributed by atoms with Gasteiger partial charge in [0.1, 0.15) is 5.76 Å². The summed E-state index contributed by atoms with van der Waals surface area (Å²) in [4.78, 5) is 12.3. The predicted molar refractivity (Wildman–Crippen MR) is 97.5 cm³/mol. The van der Waals surface area contributed by atoms with Gasteiger partial charge in [-0.25, -0.2) is 4.79 Å². The number of benzene rings is 2. The molecule has 0 N–H and O–H groups in total. The zero-order valence-corrected chi connectivity index (χ0v) is 14.8. The van der Waals surface area contributed by atoms with E-state index in [0.717, 1.165) is 22.3 Å². The number of carbonyl (C=O) groups excluding carboxylic acids is 1. The van der Waals surface area contributed by atoms with Crippen LogP contribution < -0.4 is 9.47 Å². The van der Waals surface area contributed by atoms with E-state index in [4.69, 9.17) is 14.2 Å². The third kappa shape index (κ3) is 3.29. The summed E-state index contributed by atoms with van der Waals surface area (Å²) >= 11 is 0. The van der Waals surface area contributed by atoms with Gasteiger partial charge in [-0.2, -0.15) is 0 Å². The topological polar surface area (TPSA) is 44.8 Å². The Bertz CT molecular complexity index is 891. The average Bonchev–Trinajstić information content (AvgIpc) is 2.97. The number of para-hydroxylation sites is 1. The molecule has 1 heterocycles. The second-order valence-corrected chi connectivity index (χ2v) is 5.90. The summed E-state index contributed by atoms with van der Waals surface area (Å²) in [6.07, 6.45) is 3.52. The van der Waals surface area contributed by atoms with Crippen molar-refractivity contribution in [1.82, 2.24) is 0 Å². The first kappa shape index (κ1) is 16.8. The molecule has 0 unspecified atom stereocenters. The van der Waals surface area contributed by atoms with Crippen LogP contribution in [0, 0.1) is 13.8 Å². The van der Waals surface area contributed by atoms with Crippen molar-refractivity contribution in [2.75, 3.05) is 14.2 Å². The molecule has 128 valence electrons. The molecule has 3 rings (SSSR count). The second-order valence-electron chi connectivity index (χ2n) is 5.90. The molecule has 0 aliphatic carbocycles. The molecule has 0 fully saturated rings. The van der Waals surface area contributed by atoms with Crippen molar-refractivity contribution < 1.29 is 19.0 Å². The number of methoxy groups -OCH3 is 2. The Morgan fingerprint density at radius 1 is 1.04 bits per heavy atom. The van der Waals surface area contributed by atoms with Gasteiger partial charge in [0, 0.05) is 11.1 Å². The first-order valence-electron chi connectivity index (χ1n) is 7.97. The van der Waals surface area contributed by atoms with Crippen LogP contribution in [-0.2, 0) is 9.53 Å². The fraction of sp³-hybridized carbons (Fsp3) is 0.190. The molecule has 0 saturated carbocycles. The highest BCUT2D eigenvalue weighted by Crippen LogP contribution is 2.35. The van der Waals surface area contributed by atoms with E-state index in [2.05, 4.69) is 0 Å². The molecule has 0 amide bonds. The number of aryl methyl sites for hydroxylation is 2. The average molecular weight is 336 g/mol. The lowest BCUT2D eigenvalue weighted by Crippen LogP contribution is -1.99. The maximum Gasteiger partial charge on any atom is 0.343 e. The number of rotatable bonds is 4. The molecule has 4 nitrogen and oxygen atoms in total. The minimum Gasteiger partial charge on any atom is -0.493 e. The van der Waals surface area contributed by atoms with Gasteiger partial charge in [0.25, 0.3) is 0 Å². The van der Waals surface area contributed by atoms with E-state index in [0.29, 0.717) is 22.8 Å². The molecule has 0 spiro atoms. The Kier molecular flexibility index (Phi) is 4.61. The molecule has 0 bridgehead atoms. The Morgan fingerprint density at radius 2 is 1.84 bits per heavy atom. The lowest BCUT2D eigenvalue weighted by Gasteiger charge is -2.10. The van der Waals surface area contributed by atoms with Crippen molar-refractivity contribution in [2.45, 2.75) is 13.8 Å². The molecular weight excluding hydrogens is 316 g/mol. The molecule has 0 radical (unpaired) electrons. The van der Waals surface area contributed by atoms with E-state index in [1.54, 1.807) is 26.4 Å². The Hall–Kier alpha value is -3.01. The molecule has 0 saturated heterocycles. The second kappa shape index (κ2) is 6.85. The maximum atomic E-state index is 12.3. The van der Waals surface area contributed by atoms with Crippen LogP contribution >= 0.6 is 0 Å². The maximum absolute atomic E-state index is 12.3. The highest BCUT2D eigenvalue weighted by Gasteiger charge is 2.23. The van der Waals surface area contributed by atoms with Crippen molar-refractivity contribution in [3.05, 3.63) is 70.3 Å². The summed E-state index contributed by atoms with van der Waals surface area (Å²) in [5.41, 5.74) is 4.33. The molecule has 0 aromatic heterocycles. The molecule has 4 heteroatoms. The first-order chi connectivity index (χ1) is 12.0. The van der Waals surface area contributed by atoms with E-state index in [1.807, 2.05) is 50.2 Å². The lowest BCUT2D eigenvalue weighted by molar-refractivity contribution is -0.130. The fourth-order valence-corrected chi connectivity index (χ4v) is 2.82. The number of ether oxygens (including phenoxy) is 3. The van der Waals surface area contributed by atoms with Gasteiger partial charge in [0.2, 0.25) is 0 Å². The lowest BCUT2D eigenvalue weighted by atomic mass is 10.0. The van der Waals surface area contributed by atoms with Gasteiger partial charge in [0.05, 0.1) is 19.8 Å². The van der Waals surface area contributed by atoms with Crippen LogP contribution in [0.4, 0.5) is 0 Å². The van der Waals surface area contributed by atoms with E-state index in [9.17, 15) is 4.79 Å². The van der Waals surface area contributed by atoms with Gasteiger partial charge in [-0.15, -0.1) is 0 Å². The van der Waals surface area contributed by atoms with Crippen molar-refractivity contribution in [3.8, 4) is 11.5 Å². The van der Waals surface area contributed by atoms with Crippen molar-refractivity contribution >= 4 is 17.8 Å². The molecule has 1 aliphatic heterocycles.